The van der Waals surface area contributed by atoms with Gasteiger partial charge in [-0.3, -0.25) is 4.79 Å². The Morgan fingerprint density at radius 3 is 2.58 bits per heavy atom. The molecular weight excluding hydrogens is 336 g/mol. The van der Waals surface area contributed by atoms with Gasteiger partial charge in [0.1, 0.15) is 5.54 Å². The van der Waals surface area contributed by atoms with Crippen LogP contribution in [0.15, 0.2) is 18.2 Å². The maximum atomic E-state index is 12.2. The lowest BCUT2D eigenvalue weighted by Gasteiger charge is -2.22. The van der Waals surface area contributed by atoms with E-state index >= 15 is 0 Å². The van der Waals surface area contributed by atoms with E-state index in [4.69, 9.17) is 14.2 Å². The fraction of sp³-hybridized carbons (Fsp3) is 0.526. The van der Waals surface area contributed by atoms with Crippen LogP contribution in [0.4, 0.5) is 0 Å². The van der Waals surface area contributed by atoms with Crippen molar-refractivity contribution in [2.24, 2.45) is 5.92 Å². The van der Waals surface area contributed by atoms with Crippen molar-refractivity contribution in [1.29, 1.82) is 5.26 Å². The molecule has 1 N–H and O–H groups in total. The van der Waals surface area contributed by atoms with Gasteiger partial charge in [-0.1, -0.05) is 0 Å². The molecule has 140 valence electrons. The van der Waals surface area contributed by atoms with Crippen LogP contribution < -0.4 is 14.8 Å². The van der Waals surface area contributed by atoms with Gasteiger partial charge < -0.3 is 19.5 Å². The molecule has 1 atom stereocenters. The van der Waals surface area contributed by atoms with E-state index in [1.807, 2.05) is 13.8 Å². The molecule has 0 aliphatic heterocycles. The Bertz CT molecular complexity index is 721. The van der Waals surface area contributed by atoms with Crippen LogP contribution in [0.25, 0.3) is 0 Å². The number of benzene rings is 1. The van der Waals surface area contributed by atoms with E-state index in [1.165, 1.54) is 13.2 Å². The molecule has 7 nitrogen and oxygen atoms in total. The molecule has 0 spiro atoms. The molecule has 0 bridgehead atoms. The normalized spacial score (nSPS) is 15.5. The average molecular weight is 360 g/mol. The third-order valence-electron chi connectivity index (χ3n) is 4.12. The molecule has 1 amide bonds. The van der Waals surface area contributed by atoms with Gasteiger partial charge in [-0.05, 0) is 57.7 Å². The molecule has 0 heterocycles. The average Bonchev–Trinajstić information content (AvgIpc) is 3.45. The Balaban J connectivity index is 1.95. The van der Waals surface area contributed by atoms with E-state index in [1.54, 1.807) is 19.1 Å². The van der Waals surface area contributed by atoms with Crippen molar-refractivity contribution < 1.29 is 23.8 Å². The summed E-state index contributed by atoms with van der Waals surface area (Å²) < 4.78 is 15.9. The molecule has 1 aromatic rings. The molecule has 2 rings (SSSR count). The van der Waals surface area contributed by atoms with E-state index < -0.39 is 24.0 Å². The Hall–Kier alpha value is -2.75. The van der Waals surface area contributed by atoms with Crippen LogP contribution >= 0.6 is 0 Å². The summed E-state index contributed by atoms with van der Waals surface area (Å²) in [6.45, 7) is 5.01. The smallest absolute Gasteiger partial charge is 0.338 e. The minimum Gasteiger partial charge on any atom is -0.493 e. The van der Waals surface area contributed by atoms with Gasteiger partial charge in [0.25, 0.3) is 5.91 Å². The number of nitriles is 1. The zero-order valence-corrected chi connectivity index (χ0v) is 15.5. The summed E-state index contributed by atoms with van der Waals surface area (Å²) in [5.74, 6) is -0.0695. The molecule has 26 heavy (non-hydrogen) atoms. The number of ether oxygens (including phenoxy) is 3. The van der Waals surface area contributed by atoms with Crippen molar-refractivity contribution in [3.63, 3.8) is 0 Å². The van der Waals surface area contributed by atoms with Crippen LogP contribution in [0, 0.1) is 17.2 Å². The molecule has 7 heteroatoms. The topological polar surface area (TPSA) is 97.6 Å². The van der Waals surface area contributed by atoms with Crippen molar-refractivity contribution in [1.82, 2.24) is 5.32 Å². The van der Waals surface area contributed by atoms with Crippen LogP contribution in [0.5, 0.6) is 11.5 Å². The van der Waals surface area contributed by atoms with E-state index in [9.17, 15) is 14.9 Å². The van der Waals surface area contributed by atoms with E-state index in [0.717, 1.165) is 12.8 Å². The largest absolute Gasteiger partial charge is 0.493 e. The number of nitrogens with one attached hydrogen (secondary N) is 1. The summed E-state index contributed by atoms with van der Waals surface area (Å²) in [7, 11) is 1.48. The van der Waals surface area contributed by atoms with Crippen LogP contribution in [0.1, 0.15) is 44.0 Å². The summed E-state index contributed by atoms with van der Waals surface area (Å²) in [4.78, 5) is 24.2. The monoisotopic (exact) mass is 360 g/mol. The fourth-order valence-corrected chi connectivity index (χ4v) is 2.57. The van der Waals surface area contributed by atoms with Crippen molar-refractivity contribution in [2.75, 3.05) is 13.7 Å². The summed E-state index contributed by atoms with van der Waals surface area (Å²) in [5, 5.41) is 11.9. The first-order valence-electron chi connectivity index (χ1n) is 8.53. The minimum absolute atomic E-state index is 0.0358. The second-order valence-electron chi connectivity index (χ2n) is 6.74. The Labute approximate surface area is 153 Å². The second-order valence-corrected chi connectivity index (χ2v) is 6.74. The lowest BCUT2D eigenvalue weighted by Crippen LogP contribution is -2.48. The quantitative estimate of drug-likeness (QED) is 0.715. The van der Waals surface area contributed by atoms with Gasteiger partial charge >= 0.3 is 5.97 Å². The maximum Gasteiger partial charge on any atom is 0.338 e. The maximum absolute atomic E-state index is 12.2. The third kappa shape index (κ3) is 4.88. The highest BCUT2D eigenvalue weighted by molar-refractivity contribution is 5.92. The second kappa shape index (κ2) is 8.09. The first-order valence-corrected chi connectivity index (χ1v) is 8.53. The highest BCUT2D eigenvalue weighted by atomic mass is 16.5. The highest BCUT2D eigenvalue weighted by Crippen LogP contribution is 2.39. The number of rotatable bonds is 8. The lowest BCUT2D eigenvalue weighted by atomic mass is 9.98. The molecule has 1 aliphatic rings. The summed E-state index contributed by atoms with van der Waals surface area (Å²) in [6.07, 6.45) is 1.79. The van der Waals surface area contributed by atoms with Crippen molar-refractivity contribution in [2.45, 2.75) is 45.3 Å². The van der Waals surface area contributed by atoms with Crippen molar-refractivity contribution in [3.8, 4) is 17.6 Å². The third-order valence-corrected chi connectivity index (χ3v) is 4.12. The van der Waals surface area contributed by atoms with Crippen molar-refractivity contribution >= 4 is 11.9 Å². The molecule has 1 fully saturated rings. The Morgan fingerprint density at radius 2 is 2.04 bits per heavy atom. The Morgan fingerprint density at radius 1 is 1.35 bits per heavy atom. The molecule has 0 unspecified atom stereocenters. The van der Waals surface area contributed by atoms with Crippen LogP contribution in [-0.2, 0) is 9.53 Å². The van der Waals surface area contributed by atoms with Gasteiger partial charge in [0, 0.05) is 0 Å². The standard InChI is InChI=1S/C19H24N2O5/c1-12(2)26-15-8-5-13(9-16(15)24-4)18(23)25-10-17(22)21-19(3,11-20)14-6-7-14/h5,8-9,12,14H,6-7,10H2,1-4H3,(H,21,22)/t19-/m0/s1. The Kier molecular flexibility index (Phi) is 6.09. The molecule has 1 aromatic carbocycles. The zero-order chi connectivity index (χ0) is 19.3. The van der Waals surface area contributed by atoms with Gasteiger partial charge in [0.15, 0.2) is 18.1 Å². The molecule has 0 radical (unpaired) electrons. The van der Waals surface area contributed by atoms with Crippen LogP contribution in [0.3, 0.4) is 0 Å². The number of methoxy groups -OCH3 is 1. The number of nitrogens with zero attached hydrogens (tertiary/aromatic N) is 1. The summed E-state index contributed by atoms with van der Waals surface area (Å²) in [5.41, 5.74) is -0.668. The summed E-state index contributed by atoms with van der Waals surface area (Å²) >= 11 is 0. The van der Waals surface area contributed by atoms with E-state index in [2.05, 4.69) is 11.4 Å². The van der Waals surface area contributed by atoms with Crippen LogP contribution in [-0.4, -0.2) is 37.2 Å². The summed E-state index contributed by atoms with van der Waals surface area (Å²) in [6, 6.07) is 6.79. The zero-order valence-electron chi connectivity index (χ0n) is 15.5. The fourth-order valence-electron chi connectivity index (χ4n) is 2.57. The first-order chi connectivity index (χ1) is 12.3. The number of esters is 1. The molecule has 0 saturated heterocycles. The molecular formula is C19H24N2O5. The molecule has 0 aromatic heterocycles. The van der Waals surface area contributed by atoms with E-state index in [-0.39, 0.29) is 17.6 Å². The number of carbonyl (C=O) groups excluding carboxylic acids is 2. The lowest BCUT2D eigenvalue weighted by molar-refractivity contribution is -0.125. The predicted octanol–water partition coefficient (Wildman–Crippen LogP) is 2.45. The molecule has 1 aliphatic carbocycles. The number of amides is 1. The first kappa shape index (κ1) is 19.6. The number of carbonyl (C=O) groups is 2. The van der Waals surface area contributed by atoms with Gasteiger partial charge in [-0.25, -0.2) is 4.79 Å². The number of hydrogen-bond donors (Lipinski definition) is 1. The van der Waals surface area contributed by atoms with Gasteiger partial charge in [-0.15, -0.1) is 0 Å². The predicted molar refractivity (Wildman–Crippen MR) is 93.9 cm³/mol. The highest BCUT2D eigenvalue weighted by Gasteiger charge is 2.43. The molecule has 1 saturated carbocycles. The van der Waals surface area contributed by atoms with Crippen molar-refractivity contribution in [3.05, 3.63) is 23.8 Å². The van der Waals surface area contributed by atoms with Crippen LogP contribution in [0.2, 0.25) is 0 Å². The van der Waals surface area contributed by atoms with Gasteiger partial charge in [0.05, 0.1) is 24.8 Å². The van der Waals surface area contributed by atoms with Gasteiger partial charge in [-0.2, -0.15) is 5.26 Å². The minimum atomic E-state index is -0.914. The van der Waals surface area contributed by atoms with Gasteiger partial charge in [0.2, 0.25) is 0 Å². The van der Waals surface area contributed by atoms with E-state index in [0.29, 0.717) is 11.5 Å². The number of hydrogen-bond acceptors (Lipinski definition) is 6. The SMILES string of the molecule is COc1cc(C(=O)OCC(=O)N[C@@](C)(C#N)C2CC2)ccc1OC(C)C.